The lowest BCUT2D eigenvalue weighted by atomic mass is 9.69. The molecule has 1 heterocycles. The van der Waals surface area contributed by atoms with Gasteiger partial charge in [0, 0.05) is 22.9 Å². The molecule has 6 heteroatoms. The molecule has 31 heavy (non-hydrogen) atoms. The maximum absolute atomic E-state index is 13.6. The SMILES string of the molecule is CCC(C)OC(=O)C1=C(C)NC2=C(C(=O)C(C(=O)OC)C(C)C2)C1c1ccc(C)cc1. The lowest BCUT2D eigenvalue weighted by Gasteiger charge is -2.38. The van der Waals surface area contributed by atoms with Gasteiger partial charge in [0.15, 0.2) is 5.78 Å². The molecule has 1 aliphatic carbocycles. The number of methoxy groups -OCH3 is 1. The van der Waals surface area contributed by atoms with E-state index >= 15 is 0 Å². The van der Waals surface area contributed by atoms with Gasteiger partial charge < -0.3 is 14.8 Å². The summed E-state index contributed by atoms with van der Waals surface area (Å²) in [6.45, 7) is 9.48. The maximum atomic E-state index is 13.6. The van der Waals surface area contributed by atoms with Crippen molar-refractivity contribution in [2.24, 2.45) is 11.8 Å². The minimum atomic E-state index is -0.885. The molecule has 3 rings (SSSR count). The van der Waals surface area contributed by atoms with Crippen molar-refractivity contribution in [3.63, 3.8) is 0 Å². The number of Topliss-reactive ketones (excluding diaryl/α,β-unsaturated/α-hetero) is 1. The van der Waals surface area contributed by atoms with E-state index in [1.165, 1.54) is 7.11 Å². The van der Waals surface area contributed by atoms with Crippen LogP contribution in [-0.4, -0.2) is 30.9 Å². The Labute approximate surface area is 183 Å². The minimum Gasteiger partial charge on any atom is -0.468 e. The lowest BCUT2D eigenvalue weighted by Crippen LogP contribution is -2.43. The summed E-state index contributed by atoms with van der Waals surface area (Å²) in [5.41, 5.74) is 4.21. The van der Waals surface area contributed by atoms with Gasteiger partial charge in [-0.2, -0.15) is 0 Å². The molecule has 0 fully saturated rings. The minimum absolute atomic E-state index is 0.203. The molecule has 4 unspecified atom stereocenters. The van der Waals surface area contributed by atoms with Crippen LogP contribution in [0.3, 0.4) is 0 Å². The number of ether oxygens (including phenoxy) is 2. The molecule has 1 aromatic rings. The van der Waals surface area contributed by atoms with E-state index in [1.807, 2.05) is 58.9 Å². The highest BCUT2D eigenvalue weighted by molar-refractivity contribution is 6.12. The third kappa shape index (κ3) is 4.29. The Morgan fingerprint density at radius 2 is 1.84 bits per heavy atom. The van der Waals surface area contributed by atoms with Gasteiger partial charge in [0.2, 0.25) is 0 Å². The number of hydrogen-bond acceptors (Lipinski definition) is 6. The summed E-state index contributed by atoms with van der Waals surface area (Å²) in [6, 6.07) is 7.77. The highest BCUT2D eigenvalue weighted by Crippen LogP contribution is 2.45. The van der Waals surface area contributed by atoms with Gasteiger partial charge in [-0.3, -0.25) is 9.59 Å². The fourth-order valence-electron chi connectivity index (χ4n) is 4.37. The van der Waals surface area contributed by atoms with E-state index in [1.54, 1.807) is 0 Å². The second-order valence-corrected chi connectivity index (χ2v) is 8.57. The topological polar surface area (TPSA) is 81.7 Å². The van der Waals surface area contributed by atoms with Gasteiger partial charge >= 0.3 is 11.9 Å². The number of dihydropyridines is 1. The first-order chi connectivity index (χ1) is 14.7. The standard InChI is InChI=1S/C25H31NO5/c1-7-15(4)31-25(29)20-16(5)26-18-12-14(3)19(24(28)30-6)23(27)22(18)21(20)17-10-8-13(2)9-11-17/h8-11,14-15,19,21,26H,7,12H2,1-6H3. The first-order valence-electron chi connectivity index (χ1n) is 10.8. The van der Waals surface area contributed by atoms with Gasteiger partial charge in [-0.15, -0.1) is 0 Å². The molecule has 0 saturated heterocycles. The Morgan fingerprint density at radius 1 is 1.19 bits per heavy atom. The summed E-state index contributed by atoms with van der Waals surface area (Å²) >= 11 is 0. The van der Waals surface area contributed by atoms with Gasteiger partial charge in [0.05, 0.1) is 18.8 Å². The van der Waals surface area contributed by atoms with Crippen LogP contribution in [0.2, 0.25) is 0 Å². The second kappa shape index (κ2) is 9.08. The Hall–Kier alpha value is -2.89. The smallest absolute Gasteiger partial charge is 0.337 e. The fourth-order valence-corrected chi connectivity index (χ4v) is 4.37. The Bertz CT molecular complexity index is 957. The molecule has 0 spiro atoms. The number of rotatable bonds is 5. The summed E-state index contributed by atoms with van der Waals surface area (Å²) in [5, 5.41) is 3.28. The highest BCUT2D eigenvalue weighted by atomic mass is 16.5. The first-order valence-corrected chi connectivity index (χ1v) is 10.8. The number of carbonyl (C=O) groups excluding carboxylic acids is 3. The third-order valence-corrected chi connectivity index (χ3v) is 6.26. The molecular weight excluding hydrogens is 394 g/mol. The molecule has 0 saturated carbocycles. The van der Waals surface area contributed by atoms with Crippen LogP contribution < -0.4 is 5.32 Å². The van der Waals surface area contributed by atoms with E-state index < -0.39 is 23.8 Å². The Kier molecular flexibility index (Phi) is 6.68. The van der Waals surface area contributed by atoms with Crippen molar-refractivity contribution in [3.05, 3.63) is 57.9 Å². The zero-order valence-electron chi connectivity index (χ0n) is 19.1. The summed E-state index contributed by atoms with van der Waals surface area (Å²) in [5.74, 6) is -2.96. The van der Waals surface area contributed by atoms with Crippen LogP contribution in [0, 0.1) is 18.8 Å². The normalized spacial score (nSPS) is 24.3. The summed E-state index contributed by atoms with van der Waals surface area (Å²) in [6.07, 6.45) is 0.968. The van der Waals surface area contributed by atoms with Crippen molar-refractivity contribution < 1.29 is 23.9 Å². The molecule has 0 radical (unpaired) electrons. The molecule has 1 aliphatic heterocycles. The van der Waals surface area contributed by atoms with Crippen molar-refractivity contribution in [1.82, 2.24) is 5.32 Å². The zero-order chi connectivity index (χ0) is 22.9. The van der Waals surface area contributed by atoms with Gasteiger partial charge in [-0.25, -0.2) is 4.79 Å². The highest BCUT2D eigenvalue weighted by Gasteiger charge is 2.47. The van der Waals surface area contributed by atoms with Gasteiger partial charge in [-0.1, -0.05) is 43.7 Å². The van der Waals surface area contributed by atoms with E-state index in [4.69, 9.17) is 9.47 Å². The van der Waals surface area contributed by atoms with E-state index in [9.17, 15) is 14.4 Å². The molecule has 0 bridgehead atoms. The molecular formula is C25H31NO5. The largest absolute Gasteiger partial charge is 0.468 e. The number of carbonyl (C=O) groups is 3. The number of benzene rings is 1. The van der Waals surface area contributed by atoms with Crippen LogP contribution in [0.1, 0.15) is 57.6 Å². The van der Waals surface area contributed by atoms with E-state index in [-0.39, 0.29) is 17.8 Å². The van der Waals surface area contributed by atoms with Crippen molar-refractivity contribution in [3.8, 4) is 0 Å². The quantitative estimate of drug-likeness (QED) is 0.568. The van der Waals surface area contributed by atoms with E-state index in [0.29, 0.717) is 29.7 Å². The Morgan fingerprint density at radius 3 is 2.42 bits per heavy atom. The van der Waals surface area contributed by atoms with Crippen LogP contribution in [-0.2, 0) is 23.9 Å². The van der Waals surface area contributed by atoms with Crippen LogP contribution in [0.5, 0.6) is 0 Å². The van der Waals surface area contributed by atoms with Crippen LogP contribution in [0.4, 0.5) is 0 Å². The van der Waals surface area contributed by atoms with Crippen LogP contribution in [0.25, 0.3) is 0 Å². The predicted octanol–water partition coefficient (Wildman–Crippen LogP) is 3.95. The van der Waals surface area contributed by atoms with E-state index in [0.717, 1.165) is 16.8 Å². The molecule has 0 aromatic heterocycles. The molecule has 0 amide bonds. The van der Waals surface area contributed by atoms with Gasteiger partial charge in [-0.05, 0) is 45.1 Å². The zero-order valence-corrected chi connectivity index (χ0v) is 19.1. The fraction of sp³-hybridized carbons (Fsp3) is 0.480. The number of ketones is 1. The number of nitrogens with one attached hydrogen (secondary N) is 1. The van der Waals surface area contributed by atoms with Crippen LogP contribution >= 0.6 is 0 Å². The average molecular weight is 426 g/mol. The maximum Gasteiger partial charge on any atom is 0.337 e. The van der Waals surface area contributed by atoms with Crippen LogP contribution in [0.15, 0.2) is 46.8 Å². The number of allylic oxidation sites excluding steroid dienone is 3. The summed E-state index contributed by atoms with van der Waals surface area (Å²) < 4.78 is 10.6. The van der Waals surface area contributed by atoms with Crippen molar-refractivity contribution in [2.75, 3.05) is 7.11 Å². The predicted molar refractivity (Wildman–Crippen MR) is 117 cm³/mol. The van der Waals surface area contributed by atoms with Crippen molar-refractivity contribution in [2.45, 2.75) is 59.5 Å². The lowest BCUT2D eigenvalue weighted by molar-refractivity contribution is -0.151. The number of esters is 2. The molecule has 166 valence electrons. The second-order valence-electron chi connectivity index (χ2n) is 8.57. The number of aryl methyl sites for hydroxylation is 1. The first kappa shape index (κ1) is 22.8. The molecule has 2 aliphatic rings. The van der Waals surface area contributed by atoms with Gasteiger partial charge in [0.25, 0.3) is 0 Å². The third-order valence-electron chi connectivity index (χ3n) is 6.26. The molecule has 6 nitrogen and oxygen atoms in total. The summed E-state index contributed by atoms with van der Waals surface area (Å²) in [7, 11) is 1.29. The molecule has 1 aromatic carbocycles. The summed E-state index contributed by atoms with van der Waals surface area (Å²) in [4.78, 5) is 39.2. The van der Waals surface area contributed by atoms with Gasteiger partial charge in [0.1, 0.15) is 5.92 Å². The van der Waals surface area contributed by atoms with Crippen molar-refractivity contribution >= 4 is 17.7 Å². The number of hydrogen-bond donors (Lipinski definition) is 1. The Balaban J connectivity index is 2.15. The molecule has 1 N–H and O–H groups in total. The average Bonchev–Trinajstić information content (AvgIpc) is 2.72. The molecule has 4 atom stereocenters. The van der Waals surface area contributed by atoms with E-state index in [2.05, 4.69) is 5.32 Å². The monoisotopic (exact) mass is 425 g/mol. The van der Waals surface area contributed by atoms with Crippen molar-refractivity contribution in [1.29, 1.82) is 0 Å².